The van der Waals surface area contributed by atoms with E-state index in [4.69, 9.17) is 10.2 Å². The number of nitrogen functional groups attached to an aromatic ring is 1. The first-order valence-electron chi connectivity index (χ1n) is 4.49. The number of hydrogen-bond donors (Lipinski definition) is 1. The molecule has 0 atom stereocenters. The quantitative estimate of drug-likeness (QED) is 0.739. The van der Waals surface area contributed by atoms with Crippen LogP contribution in [0.25, 0.3) is 11.6 Å². The van der Waals surface area contributed by atoms with Crippen LogP contribution < -0.4 is 5.73 Å². The highest BCUT2D eigenvalue weighted by atomic mass is 16.4. The minimum atomic E-state index is -0.211. The van der Waals surface area contributed by atoms with Crippen LogP contribution in [0.5, 0.6) is 0 Å². The van der Waals surface area contributed by atoms with Crippen molar-refractivity contribution in [3.8, 4) is 11.6 Å². The molecule has 15 heavy (non-hydrogen) atoms. The van der Waals surface area contributed by atoms with E-state index in [-0.39, 0.29) is 11.6 Å². The van der Waals surface area contributed by atoms with E-state index in [9.17, 15) is 0 Å². The van der Waals surface area contributed by atoms with Gasteiger partial charge in [-0.25, -0.2) is 4.98 Å². The molecule has 2 N–H and O–H groups in total. The number of hydrogen-bond acceptors (Lipinski definition) is 6. The summed E-state index contributed by atoms with van der Waals surface area (Å²) < 4.78 is 5.08. The van der Waals surface area contributed by atoms with Gasteiger partial charge in [-0.2, -0.15) is 4.80 Å². The number of rotatable bonds is 1. The van der Waals surface area contributed by atoms with Crippen molar-refractivity contribution >= 4 is 6.01 Å². The van der Waals surface area contributed by atoms with E-state index >= 15 is 0 Å². The Bertz CT molecular complexity index is 465. The molecule has 7 nitrogen and oxygen atoms in total. The zero-order valence-corrected chi connectivity index (χ0v) is 8.80. The molecule has 0 fully saturated rings. The van der Waals surface area contributed by atoms with Gasteiger partial charge in [0, 0.05) is 0 Å². The van der Waals surface area contributed by atoms with Gasteiger partial charge in [-0.15, -0.1) is 10.2 Å². The number of tetrazole rings is 1. The Morgan fingerprint density at radius 3 is 2.60 bits per heavy atom. The summed E-state index contributed by atoms with van der Waals surface area (Å²) >= 11 is 0. The summed E-state index contributed by atoms with van der Waals surface area (Å²) in [6.07, 6.45) is 1.47. The average molecular weight is 208 g/mol. The summed E-state index contributed by atoms with van der Waals surface area (Å²) in [6.45, 7) is 5.94. The lowest BCUT2D eigenvalue weighted by Gasteiger charge is -2.15. The van der Waals surface area contributed by atoms with Gasteiger partial charge >= 0.3 is 0 Å². The summed E-state index contributed by atoms with van der Waals surface area (Å²) in [7, 11) is 0. The third kappa shape index (κ3) is 1.80. The van der Waals surface area contributed by atoms with Gasteiger partial charge in [-0.05, 0) is 26.0 Å². The van der Waals surface area contributed by atoms with Crippen molar-refractivity contribution < 1.29 is 4.42 Å². The molecule has 7 heteroatoms. The fourth-order valence-corrected chi connectivity index (χ4v) is 0.988. The highest BCUT2D eigenvalue weighted by Gasteiger charge is 2.19. The molecule has 0 radical (unpaired) electrons. The molecule has 0 aromatic carbocycles. The van der Waals surface area contributed by atoms with Gasteiger partial charge in [0.25, 0.3) is 6.01 Å². The molecule has 0 aliphatic heterocycles. The molecule has 2 aromatic heterocycles. The SMILES string of the molecule is CC(C)(C)n1nnc(-c2cnc(N)o2)n1. The molecular formula is C8H12N6O. The minimum Gasteiger partial charge on any atom is -0.420 e. The Morgan fingerprint density at radius 1 is 1.40 bits per heavy atom. The van der Waals surface area contributed by atoms with Crippen LogP contribution in [0.3, 0.4) is 0 Å². The third-order valence-electron chi connectivity index (χ3n) is 1.76. The minimum absolute atomic E-state index is 0.0945. The lowest BCUT2D eigenvalue weighted by Crippen LogP contribution is -2.24. The third-order valence-corrected chi connectivity index (χ3v) is 1.76. The van der Waals surface area contributed by atoms with Crippen LogP contribution in [0.4, 0.5) is 6.01 Å². The van der Waals surface area contributed by atoms with E-state index < -0.39 is 0 Å². The largest absolute Gasteiger partial charge is 0.420 e. The van der Waals surface area contributed by atoms with Gasteiger partial charge in [0.05, 0.1) is 11.7 Å². The molecule has 0 aliphatic rings. The van der Waals surface area contributed by atoms with Crippen molar-refractivity contribution in [2.24, 2.45) is 0 Å². The Balaban J connectivity index is 2.36. The second-order valence-corrected chi connectivity index (χ2v) is 4.14. The summed E-state index contributed by atoms with van der Waals surface area (Å²) in [5.41, 5.74) is 5.14. The molecule has 0 bridgehead atoms. The Kier molecular flexibility index (Phi) is 1.95. The summed E-state index contributed by atoms with van der Waals surface area (Å²) in [6, 6.07) is 0.0945. The van der Waals surface area contributed by atoms with E-state index in [1.165, 1.54) is 11.0 Å². The number of oxazole rings is 1. The molecule has 2 aromatic rings. The number of nitrogens with two attached hydrogens (primary N) is 1. The first kappa shape index (κ1) is 9.63. The standard InChI is InChI=1S/C8H12N6O/c1-8(2,3)14-12-6(11-13-14)5-4-10-7(9)15-5/h4H,1-3H3,(H2,9,10). The predicted molar refractivity (Wildman–Crippen MR) is 52.7 cm³/mol. The highest BCUT2D eigenvalue weighted by Crippen LogP contribution is 2.17. The Hall–Kier alpha value is -1.92. The van der Waals surface area contributed by atoms with Crippen LogP contribution in [0.2, 0.25) is 0 Å². The van der Waals surface area contributed by atoms with Gasteiger partial charge < -0.3 is 10.2 Å². The molecule has 2 rings (SSSR count). The van der Waals surface area contributed by atoms with E-state index in [1.807, 2.05) is 20.8 Å². The Labute approximate surface area is 86.3 Å². The van der Waals surface area contributed by atoms with Crippen LogP contribution >= 0.6 is 0 Å². The van der Waals surface area contributed by atoms with Crippen molar-refractivity contribution in [2.75, 3.05) is 5.73 Å². The number of aromatic nitrogens is 5. The number of anilines is 1. The van der Waals surface area contributed by atoms with Crippen LogP contribution in [0, 0.1) is 0 Å². The first-order chi connectivity index (χ1) is 6.97. The maximum absolute atomic E-state index is 5.35. The molecule has 0 aliphatic carbocycles. The maximum Gasteiger partial charge on any atom is 0.292 e. The van der Waals surface area contributed by atoms with E-state index in [0.29, 0.717) is 11.6 Å². The van der Waals surface area contributed by atoms with Crippen molar-refractivity contribution in [1.29, 1.82) is 0 Å². The van der Waals surface area contributed by atoms with Gasteiger partial charge in [0.1, 0.15) is 0 Å². The van der Waals surface area contributed by atoms with Crippen molar-refractivity contribution in [2.45, 2.75) is 26.3 Å². The first-order valence-corrected chi connectivity index (χ1v) is 4.49. The predicted octanol–water partition coefficient (Wildman–Crippen LogP) is 0.665. The van der Waals surface area contributed by atoms with Gasteiger partial charge in [0.15, 0.2) is 5.76 Å². The smallest absolute Gasteiger partial charge is 0.292 e. The second kappa shape index (κ2) is 3.04. The Morgan fingerprint density at radius 2 is 2.13 bits per heavy atom. The van der Waals surface area contributed by atoms with Crippen molar-refractivity contribution in [1.82, 2.24) is 25.2 Å². The topological polar surface area (TPSA) is 95.7 Å². The monoisotopic (exact) mass is 208 g/mol. The molecule has 0 spiro atoms. The molecule has 0 saturated heterocycles. The van der Waals surface area contributed by atoms with Crippen molar-refractivity contribution in [3.63, 3.8) is 0 Å². The van der Waals surface area contributed by atoms with Gasteiger partial charge in [-0.1, -0.05) is 0 Å². The number of nitrogens with zero attached hydrogens (tertiary/aromatic N) is 5. The lowest BCUT2D eigenvalue weighted by atomic mass is 10.1. The van der Waals surface area contributed by atoms with Gasteiger partial charge in [-0.3, -0.25) is 0 Å². The van der Waals surface area contributed by atoms with E-state index in [0.717, 1.165) is 0 Å². The fraction of sp³-hybridized carbons (Fsp3) is 0.500. The van der Waals surface area contributed by atoms with Gasteiger partial charge in [0.2, 0.25) is 5.82 Å². The van der Waals surface area contributed by atoms with Crippen LogP contribution in [-0.4, -0.2) is 25.2 Å². The average Bonchev–Trinajstić information content (AvgIpc) is 2.69. The fourth-order valence-electron chi connectivity index (χ4n) is 0.988. The molecule has 0 amide bonds. The lowest BCUT2D eigenvalue weighted by molar-refractivity contribution is 0.306. The molecular weight excluding hydrogens is 196 g/mol. The zero-order chi connectivity index (χ0) is 11.1. The van der Waals surface area contributed by atoms with E-state index in [2.05, 4.69) is 20.4 Å². The zero-order valence-electron chi connectivity index (χ0n) is 8.80. The van der Waals surface area contributed by atoms with Crippen LogP contribution in [0.15, 0.2) is 10.6 Å². The normalized spacial score (nSPS) is 11.9. The highest BCUT2D eigenvalue weighted by molar-refractivity contribution is 5.44. The van der Waals surface area contributed by atoms with Crippen LogP contribution in [0.1, 0.15) is 20.8 Å². The maximum atomic E-state index is 5.35. The second-order valence-electron chi connectivity index (χ2n) is 4.14. The van der Waals surface area contributed by atoms with E-state index in [1.54, 1.807) is 0 Å². The molecule has 0 saturated carbocycles. The summed E-state index contributed by atoms with van der Waals surface area (Å²) in [4.78, 5) is 5.27. The molecule has 0 unspecified atom stereocenters. The van der Waals surface area contributed by atoms with Crippen molar-refractivity contribution in [3.05, 3.63) is 6.20 Å². The summed E-state index contributed by atoms with van der Waals surface area (Å²) in [5, 5.41) is 11.9. The molecule has 2 heterocycles. The van der Waals surface area contributed by atoms with Crippen LogP contribution in [-0.2, 0) is 5.54 Å². The summed E-state index contributed by atoms with van der Waals surface area (Å²) in [5.74, 6) is 0.803. The molecule has 80 valence electrons.